The Kier molecular flexibility index (Phi) is 5.94. The molecule has 2 aromatic rings. The molecular formula is C24H26F3NO4. The average molecular weight is 449 g/mol. The molecule has 172 valence electrons. The summed E-state index contributed by atoms with van der Waals surface area (Å²) in [5, 5.41) is 10.6. The molecule has 0 bridgehead atoms. The molecule has 2 heterocycles. The Morgan fingerprint density at radius 1 is 1.09 bits per heavy atom. The smallest absolute Gasteiger partial charge is 0.416 e. The highest BCUT2D eigenvalue weighted by Crippen LogP contribution is 2.35. The molecule has 2 aromatic carbocycles. The Bertz CT molecular complexity index is 968. The Balaban J connectivity index is 1.36. The molecule has 0 saturated carbocycles. The maximum Gasteiger partial charge on any atom is 0.416 e. The van der Waals surface area contributed by atoms with Gasteiger partial charge in [-0.3, -0.25) is 4.79 Å². The summed E-state index contributed by atoms with van der Waals surface area (Å²) in [5.74, 6) is 0.315. The number of alkyl halides is 3. The van der Waals surface area contributed by atoms with E-state index >= 15 is 0 Å². The van der Waals surface area contributed by atoms with Crippen molar-refractivity contribution >= 4 is 5.91 Å². The molecule has 5 nitrogen and oxygen atoms in total. The number of amides is 1. The first kappa shape index (κ1) is 22.6. The fourth-order valence-electron chi connectivity index (χ4n) is 4.54. The number of aliphatic hydroxyl groups is 1. The van der Waals surface area contributed by atoms with Gasteiger partial charge in [0.1, 0.15) is 17.5 Å². The lowest BCUT2D eigenvalue weighted by Crippen LogP contribution is -2.47. The van der Waals surface area contributed by atoms with E-state index in [1.807, 2.05) is 26.0 Å². The van der Waals surface area contributed by atoms with Crippen molar-refractivity contribution in [2.45, 2.75) is 44.6 Å². The van der Waals surface area contributed by atoms with E-state index in [9.17, 15) is 23.1 Å². The quantitative estimate of drug-likeness (QED) is 0.759. The number of ether oxygens (including phenoxy) is 2. The number of hydrogen-bond donors (Lipinski definition) is 1. The van der Waals surface area contributed by atoms with Gasteiger partial charge in [0, 0.05) is 31.5 Å². The predicted octanol–water partition coefficient (Wildman–Crippen LogP) is 4.22. The van der Waals surface area contributed by atoms with Gasteiger partial charge >= 0.3 is 6.18 Å². The largest absolute Gasteiger partial charge is 0.490 e. The van der Waals surface area contributed by atoms with Crippen LogP contribution in [0.15, 0.2) is 36.4 Å². The van der Waals surface area contributed by atoms with E-state index in [-0.39, 0.29) is 25.2 Å². The number of nitrogens with zero attached hydrogens (tertiary/aromatic N) is 1. The monoisotopic (exact) mass is 449 g/mol. The van der Waals surface area contributed by atoms with Crippen LogP contribution in [0.3, 0.4) is 0 Å². The van der Waals surface area contributed by atoms with Gasteiger partial charge in [0.15, 0.2) is 0 Å². The molecule has 0 spiro atoms. The number of aryl methyl sites for hydroxylation is 2. The van der Waals surface area contributed by atoms with E-state index in [1.165, 1.54) is 12.1 Å². The van der Waals surface area contributed by atoms with Crippen molar-refractivity contribution in [1.82, 2.24) is 4.90 Å². The molecule has 0 aromatic heterocycles. The first-order chi connectivity index (χ1) is 15.1. The van der Waals surface area contributed by atoms with Crippen LogP contribution in [0, 0.1) is 13.8 Å². The number of rotatable bonds is 4. The second-order valence-electron chi connectivity index (χ2n) is 8.64. The van der Waals surface area contributed by atoms with Gasteiger partial charge in [-0.15, -0.1) is 0 Å². The molecular weight excluding hydrogens is 423 g/mol. The van der Waals surface area contributed by atoms with E-state index in [2.05, 4.69) is 0 Å². The molecule has 2 aliphatic heterocycles. The number of carbonyl (C=O) groups excluding carboxylic acids is 1. The lowest BCUT2D eigenvalue weighted by Gasteiger charge is -2.39. The topological polar surface area (TPSA) is 59.0 Å². The van der Waals surface area contributed by atoms with Gasteiger partial charge < -0.3 is 19.5 Å². The normalized spacial score (nSPS) is 18.9. The van der Waals surface area contributed by atoms with E-state index in [1.54, 1.807) is 4.90 Å². The molecule has 8 heteroatoms. The summed E-state index contributed by atoms with van der Waals surface area (Å²) in [7, 11) is 0. The highest BCUT2D eigenvalue weighted by Gasteiger charge is 2.40. The van der Waals surface area contributed by atoms with Crippen molar-refractivity contribution in [1.29, 1.82) is 0 Å². The molecule has 2 saturated heterocycles. The van der Waals surface area contributed by atoms with E-state index in [0.717, 1.165) is 28.8 Å². The van der Waals surface area contributed by atoms with Crippen molar-refractivity contribution in [2.24, 2.45) is 0 Å². The molecule has 0 atom stereocenters. The van der Waals surface area contributed by atoms with Crippen LogP contribution >= 0.6 is 0 Å². The third-order valence-corrected chi connectivity index (χ3v) is 6.14. The predicted molar refractivity (Wildman–Crippen MR) is 112 cm³/mol. The number of hydrogen-bond acceptors (Lipinski definition) is 4. The Hall–Kier alpha value is -2.58. The third kappa shape index (κ3) is 4.47. The van der Waals surface area contributed by atoms with Gasteiger partial charge in [0.25, 0.3) is 5.91 Å². The zero-order valence-corrected chi connectivity index (χ0v) is 18.0. The van der Waals surface area contributed by atoms with Gasteiger partial charge in [0.05, 0.1) is 18.8 Å². The highest BCUT2D eigenvalue weighted by atomic mass is 19.4. The van der Waals surface area contributed by atoms with Gasteiger partial charge in [0.2, 0.25) is 0 Å². The number of piperidine rings is 1. The molecule has 4 rings (SSSR count). The van der Waals surface area contributed by atoms with Crippen LogP contribution in [0.1, 0.15) is 45.5 Å². The summed E-state index contributed by atoms with van der Waals surface area (Å²) in [6.45, 7) is 5.30. The maximum atomic E-state index is 13.0. The van der Waals surface area contributed by atoms with Crippen molar-refractivity contribution < 1.29 is 32.5 Å². The second-order valence-corrected chi connectivity index (χ2v) is 8.64. The van der Waals surface area contributed by atoms with Crippen molar-refractivity contribution in [3.05, 3.63) is 64.2 Å². The third-order valence-electron chi connectivity index (χ3n) is 6.14. The standard InChI is InChI=1S/C24H26F3NO4/c1-15-11-17(12-16(2)21(15)23(30)13-31-14-23)22(29)28-9-7-20(8-10-28)32-19-5-3-18(4-6-19)24(25,26)27/h3-6,11-12,20,30H,7-10,13-14H2,1-2H3. The van der Waals surface area contributed by atoms with Crippen LogP contribution in [0.4, 0.5) is 13.2 Å². The zero-order chi connectivity index (χ0) is 23.1. The van der Waals surface area contributed by atoms with E-state index in [4.69, 9.17) is 9.47 Å². The van der Waals surface area contributed by atoms with E-state index < -0.39 is 17.3 Å². The molecule has 0 unspecified atom stereocenters. The van der Waals surface area contributed by atoms with Crippen LogP contribution in [0.25, 0.3) is 0 Å². The summed E-state index contributed by atoms with van der Waals surface area (Å²) in [5.41, 5.74) is 1.43. The molecule has 2 fully saturated rings. The number of halogens is 3. The summed E-state index contributed by atoms with van der Waals surface area (Å²) >= 11 is 0. The molecule has 0 radical (unpaired) electrons. The fourth-order valence-corrected chi connectivity index (χ4v) is 4.54. The minimum absolute atomic E-state index is 0.0763. The summed E-state index contributed by atoms with van der Waals surface area (Å²) in [4.78, 5) is 14.8. The molecule has 1 N–H and O–H groups in total. The van der Waals surface area contributed by atoms with Crippen molar-refractivity contribution in [3.8, 4) is 5.75 Å². The zero-order valence-electron chi connectivity index (χ0n) is 18.0. The lowest BCUT2D eigenvalue weighted by atomic mass is 9.84. The molecule has 0 aliphatic carbocycles. The highest BCUT2D eigenvalue weighted by molar-refractivity contribution is 5.95. The Morgan fingerprint density at radius 3 is 2.12 bits per heavy atom. The number of likely N-dealkylation sites (tertiary alicyclic amines) is 1. The van der Waals surface area contributed by atoms with E-state index in [0.29, 0.717) is 37.2 Å². The van der Waals surface area contributed by atoms with Crippen LogP contribution in [0.2, 0.25) is 0 Å². The lowest BCUT2D eigenvalue weighted by molar-refractivity contribution is -0.185. The second kappa shape index (κ2) is 8.41. The van der Waals surface area contributed by atoms with Gasteiger partial charge in [-0.25, -0.2) is 0 Å². The van der Waals surface area contributed by atoms with Gasteiger partial charge in [-0.05, 0) is 66.9 Å². The van der Waals surface area contributed by atoms with Gasteiger partial charge in [-0.1, -0.05) is 0 Å². The minimum Gasteiger partial charge on any atom is -0.490 e. The first-order valence-electron chi connectivity index (χ1n) is 10.6. The number of carbonyl (C=O) groups is 1. The fraction of sp³-hybridized carbons (Fsp3) is 0.458. The number of benzene rings is 2. The van der Waals surface area contributed by atoms with Crippen molar-refractivity contribution in [3.63, 3.8) is 0 Å². The molecule has 32 heavy (non-hydrogen) atoms. The van der Waals surface area contributed by atoms with Crippen LogP contribution in [0.5, 0.6) is 5.75 Å². The first-order valence-corrected chi connectivity index (χ1v) is 10.6. The Morgan fingerprint density at radius 2 is 1.66 bits per heavy atom. The summed E-state index contributed by atoms with van der Waals surface area (Å²) in [6, 6.07) is 8.30. The average Bonchev–Trinajstić information content (AvgIpc) is 2.71. The molecule has 2 aliphatic rings. The molecule has 1 amide bonds. The van der Waals surface area contributed by atoms with Crippen LogP contribution < -0.4 is 4.74 Å². The Labute approximate surface area is 184 Å². The summed E-state index contributed by atoms with van der Waals surface area (Å²) in [6.07, 6.45) is -3.34. The van der Waals surface area contributed by atoms with Crippen molar-refractivity contribution in [2.75, 3.05) is 26.3 Å². The maximum absolute atomic E-state index is 13.0. The van der Waals surface area contributed by atoms with Crippen LogP contribution in [-0.2, 0) is 16.5 Å². The summed E-state index contributed by atoms with van der Waals surface area (Å²) < 4.78 is 49.1. The van der Waals surface area contributed by atoms with Crippen LogP contribution in [-0.4, -0.2) is 48.3 Å². The minimum atomic E-state index is -4.37. The SMILES string of the molecule is Cc1cc(C(=O)N2CCC(Oc3ccc(C(F)(F)F)cc3)CC2)cc(C)c1C1(O)COC1. The van der Waals surface area contributed by atoms with Gasteiger partial charge in [-0.2, -0.15) is 13.2 Å².